The van der Waals surface area contributed by atoms with Gasteiger partial charge in [-0.05, 0) is 31.2 Å². The molecule has 0 aliphatic rings. The second-order valence-corrected chi connectivity index (χ2v) is 8.60. The number of hydrogen-bond donors (Lipinski definition) is 1. The van der Waals surface area contributed by atoms with Crippen molar-refractivity contribution in [3.05, 3.63) is 70.4 Å². The molecule has 0 unspecified atom stereocenters. The van der Waals surface area contributed by atoms with Crippen LogP contribution < -0.4 is 5.32 Å². The number of anilines is 1. The molecule has 152 valence electrons. The smallest absolute Gasteiger partial charge is 0.231 e. The van der Waals surface area contributed by atoms with E-state index in [9.17, 15) is 4.79 Å². The second-order valence-electron chi connectivity index (χ2n) is 6.72. The van der Waals surface area contributed by atoms with E-state index in [0.29, 0.717) is 5.75 Å². The van der Waals surface area contributed by atoms with Gasteiger partial charge in [-0.25, -0.2) is 4.98 Å². The monoisotopic (exact) mass is 436 g/mol. The van der Waals surface area contributed by atoms with Crippen molar-refractivity contribution in [2.75, 3.05) is 5.32 Å². The molecule has 1 aromatic carbocycles. The van der Waals surface area contributed by atoms with Crippen LogP contribution in [0.25, 0.3) is 11.4 Å². The highest BCUT2D eigenvalue weighted by Gasteiger charge is 2.13. The molecule has 4 aromatic rings. The standard InChI is InChI=1S/C21H20N6OS2/c1-14-5-7-16(8-6-14)23-18(28)10-19-24-17(12-29-19)13-30-21-26-25-20(27(21)2)15-4-3-9-22-11-15/h3-9,11-12H,10,13H2,1-2H3,(H,23,28). The highest BCUT2D eigenvalue weighted by atomic mass is 32.2. The lowest BCUT2D eigenvalue weighted by molar-refractivity contribution is -0.115. The van der Waals surface area contributed by atoms with Gasteiger partial charge in [-0.1, -0.05) is 29.5 Å². The van der Waals surface area contributed by atoms with Crippen molar-refractivity contribution in [2.45, 2.75) is 24.3 Å². The summed E-state index contributed by atoms with van der Waals surface area (Å²) >= 11 is 3.06. The third kappa shape index (κ3) is 4.92. The summed E-state index contributed by atoms with van der Waals surface area (Å²) in [5.74, 6) is 1.37. The highest BCUT2D eigenvalue weighted by Crippen LogP contribution is 2.25. The van der Waals surface area contributed by atoms with Gasteiger partial charge in [-0.15, -0.1) is 21.5 Å². The summed E-state index contributed by atoms with van der Waals surface area (Å²) in [6.45, 7) is 2.02. The van der Waals surface area contributed by atoms with Crippen LogP contribution in [-0.2, 0) is 24.0 Å². The van der Waals surface area contributed by atoms with Crippen molar-refractivity contribution in [1.29, 1.82) is 0 Å². The topological polar surface area (TPSA) is 85.6 Å². The molecule has 7 nitrogen and oxygen atoms in total. The summed E-state index contributed by atoms with van der Waals surface area (Å²) in [6.07, 6.45) is 3.77. The third-order valence-corrected chi connectivity index (χ3v) is 6.30. The summed E-state index contributed by atoms with van der Waals surface area (Å²) in [5, 5.41) is 15.0. The first kappa shape index (κ1) is 20.2. The van der Waals surface area contributed by atoms with Gasteiger partial charge in [0.1, 0.15) is 5.01 Å². The molecule has 0 spiro atoms. The third-order valence-electron chi connectivity index (χ3n) is 4.35. The van der Waals surface area contributed by atoms with E-state index in [-0.39, 0.29) is 12.3 Å². The van der Waals surface area contributed by atoms with E-state index >= 15 is 0 Å². The number of rotatable bonds is 7. The minimum atomic E-state index is -0.0678. The van der Waals surface area contributed by atoms with Crippen molar-refractivity contribution in [2.24, 2.45) is 7.05 Å². The van der Waals surface area contributed by atoms with Crippen molar-refractivity contribution in [3.8, 4) is 11.4 Å². The molecule has 0 atom stereocenters. The van der Waals surface area contributed by atoms with Crippen molar-refractivity contribution in [1.82, 2.24) is 24.7 Å². The van der Waals surface area contributed by atoms with Crippen LogP contribution in [-0.4, -0.2) is 30.6 Å². The Hall–Kier alpha value is -3.04. The number of aromatic nitrogens is 5. The highest BCUT2D eigenvalue weighted by molar-refractivity contribution is 7.98. The zero-order valence-electron chi connectivity index (χ0n) is 16.6. The van der Waals surface area contributed by atoms with Gasteiger partial charge in [-0.3, -0.25) is 9.78 Å². The number of carbonyl (C=O) groups excluding carboxylic acids is 1. The number of nitrogens with one attached hydrogen (secondary N) is 1. The summed E-state index contributed by atoms with van der Waals surface area (Å²) in [4.78, 5) is 21.0. The number of benzene rings is 1. The first-order chi connectivity index (χ1) is 14.6. The van der Waals surface area contributed by atoms with Crippen LogP contribution in [0.5, 0.6) is 0 Å². The molecule has 3 heterocycles. The van der Waals surface area contributed by atoms with Gasteiger partial charge in [0.2, 0.25) is 5.91 Å². The Kier molecular flexibility index (Phi) is 6.20. The maximum absolute atomic E-state index is 12.3. The van der Waals surface area contributed by atoms with Crippen LogP contribution in [0.4, 0.5) is 5.69 Å². The molecule has 0 bridgehead atoms. The Balaban J connectivity index is 1.33. The van der Waals surface area contributed by atoms with E-state index in [2.05, 4.69) is 25.5 Å². The fourth-order valence-electron chi connectivity index (χ4n) is 2.80. The van der Waals surface area contributed by atoms with E-state index in [1.165, 1.54) is 11.3 Å². The molecule has 0 radical (unpaired) electrons. The lowest BCUT2D eigenvalue weighted by atomic mass is 10.2. The van der Waals surface area contributed by atoms with Crippen LogP contribution in [0.15, 0.2) is 59.3 Å². The minimum Gasteiger partial charge on any atom is -0.326 e. The first-order valence-corrected chi connectivity index (χ1v) is 11.2. The first-order valence-electron chi connectivity index (χ1n) is 9.31. The van der Waals surface area contributed by atoms with Crippen LogP contribution in [0, 0.1) is 6.92 Å². The van der Waals surface area contributed by atoms with E-state index in [4.69, 9.17) is 0 Å². The zero-order valence-corrected chi connectivity index (χ0v) is 18.2. The molecule has 9 heteroatoms. The SMILES string of the molecule is Cc1ccc(NC(=O)Cc2nc(CSc3nnc(-c4cccnc4)n3C)cs2)cc1. The molecular weight excluding hydrogens is 416 g/mol. The fraction of sp³-hybridized carbons (Fsp3) is 0.190. The molecule has 1 N–H and O–H groups in total. The van der Waals surface area contributed by atoms with Crippen LogP contribution in [0.3, 0.4) is 0 Å². The average Bonchev–Trinajstić information content (AvgIpc) is 3.35. The number of carbonyl (C=O) groups is 1. The largest absolute Gasteiger partial charge is 0.326 e. The Morgan fingerprint density at radius 1 is 1.20 bits per heavy atom. The van der Waals surface area contributed by atoms with E-state index in [1.807, 2.05) is 60.3 Å². The molecule has 1 amide bonds. The Morgan fingerprint density at radius 2 is 2.03 bits per heavy atom. The van der Waals surface area contributed by atoms with Crippen LogP contribution in [0.2, 0.25) is 0 Å². The van der Waals surface area contributed by atoms with Gasteiger partial charge in [0.05, 0.1) is 12.1 Å². The molecule has 0 fully saturated rings. The predicted molar refractivity (Wildman–Crippen MR) is 119 cm³/mol. The zero-order chi connectivity index (χ0) is 20.9. The minimum absolute atomic E-state index is 0.0678. The molecule has 0 aliphatic carbocycles. The molecular formula is C21H20N6OS2. The van der Waals surface area contributed by atoms with Crippen molar-refractivity contribution < 1.29 is 4.79 Å². The molecule has 0 saturated carbocycles. The Morgan fingerprint density at radius 3 is 2.80 bits per heavy atom. The normalized spacial score (nSPS) is 10.9. The maximum atomic E-state index is 12.3. The Bertz CT molecular complexity index is 1140. The van der Waals surface area contributed by atoms with Gasteiger partial charge in [-0.2, -0.15) is 0 Å². The number of nitrogens with zero attached hydrogens (tertiary/aromatic N) is 5. The van der Waals surface area contributed by atoms with Crippen molar-refractivity contribution >= 4 is 34.7 Å². The molecule has 4 rings (SSSR count). The van der Waals surface area contributed by atoms with Crippen molar-refractivity contribution in [3.63, 3.8) is 0 Å². The quantitative estimate of drug-likeness (QED) is 0.439. The predicted octanol–water partition coefficient (Wildman–Crippen LogP) is 4.12. The lowest BCUT2D eigenvalue weighted by Crippen LogP contribution is -2.14. The fourth-order valence-corrected chi connectivity index (χ4v) is 4.50. The number of aryl methyl sites for hydroxylation is 1. The van der Waals surface area contributed by atoms with E-state index in [0.717, 1.165) is 38.5 Å². The number of thiazole rings is 1. The second kappa shape index (κ2) is 9.19. The molecule has 0 saturated heterocycles. The summed E-state index contributed by atoms with van der Waals surface area (Å²) in [5.41, 5.74) is 3.80. The van der Waals surface area contributed by atoms with Gasteiger partial charge in [0, 0.05) is 41.8 Å². The molecule has 0 aliphatic heterocycles. The number of amides is 1. The summed E-state index contributed by atoms with van der Waals surface area (Å²) in [7, 11) is 1.94. The number of thioether (sulfide) groups is 1. The Labute approximate surface area is 182 Å². The van der Waals surface area contributed by atoms with E-state index < -0.39 is 0 Å². The lowest BCUT2D eigenvalue weighted by Gasteiger charge is -2.04. The van der Waals surface area contributed by atoms with Gasteiger partial charge in [0.15, 0.2) is 11.0 Å². The van der Waals surface area contributed by atoms with Gasteiger partial charge >= 0.3 is 0 Å². The van der Waals surface area contributed by atoms with Gasteiger partial charge < -0.3 is 9.88 Å². The van der Waals surface area contributed by atoms with E-state index in [1.54, 1.807) is 24.2 Å². The molecule has 30 heavy (non-hydrogen) atoms. The van der Waals surface area contributed by atoms with Gasteiger partial charge in [0.25, 0.3) is 0 Å². The van der Waals surface area contributed by atoms with Crippen LogP contribution >= 0.6 is 23.1 Å². The summed E-state index contributed by atoms with van der Waals surface area (Å²) in [6, 6.07) is 11.6. The maximum Gasteiger partial charge on any atom is 0.231 e. The van der Waals surface area contributed by atoms with Crippen LogP contribution in [0.1, 0.15) is 16.3 Å². The number of hydrogen-bond acceptors (Lipinski definition) is 7. The average molecular weight is 437 g/mol. The number of pyridine rings is 1. The molecule has 3 aromatic heterocycles. The summed E-state index contributed by atoms with van der Waals surface area (Å²) < 4.78 is 1.95.